The highest BCUT2D eigenvalue weighted by Gasteiger charge is 2.33. The molecule has 1 aromatic rings. The van der Waals surface area contributed by atoms with Crippen LogP contribution in [0.5, 0.6) is 5.75 Å². The minimum Gasteiger partial charge on any atom is -0.497 e. The second-order valence-electron chi connectivity index (χ2n) is 5.62. The van der Waals surface area contributed by atoms with E-state index in [-0.39, 0.29) is 5.41 Å². The van der Waals surface area contributed by atoms with Gasteiger partial charge >= 0.3 is 0 Å². The minimum atomic E-state index is -0.142. The molecule has 1 aromatic carbocycles. The number of ketones is 1. The third-order valence-electron chi connectivity index (χ3n) is 3.74. The fourth-order valence-electron chi connectivity index (χ4n) is 2.20. The van der Waals surface area contributed by atoms with Gasteiger partial charge in [0.05, 0.1) is 13.7 Å². The zero-order valence-corrected chi connectivity index (χ0v) is 11.4. The Morgan fingerprint density at radius 2 is 1.94 bits per heavy atom. The molecule has 18 heavy (non-hydrogen) atoms. The summed E-state index contributed by atoms with van der Waals surface area (Å²) in [6.07, 6.45) is 0.946. The molecule has 3 heteroatoms. The summed E-state index contributed by atoms with van der Waals surface area (Å²) < 4.78 is 5.14. The second-order valence-corrected chi connectivity index (χ2v) is 5.62. The number of rotatable bonds is 3. The molecule has 0 N–H and O–H groups in total. The Labute approximate surface area is 109 Å². The van der Waals surface area contributed by atoms with Crippen molar-refractivity contribution in [2.45, 2.75) is 26.8 Å². The lowest BCUT2D eigenvalue weighted by Gasteiger charge is -2.35. The predicted octanol–water partition coefficient (Wildman–Crippen LogP) is 2.50. The molecule has 0 atom stereocenters. The first kappa shape index (κ1) is 13.1. The van der Waals surface area contributed by atoms with Crippen LogP contribution < -0.4 is 4.74 Å². The fourth-order valence-corrected chi connectivity index (χ4v) is 2.20. The average molecular weight is 247 g/mol. The van der Waals surface area contributed by atoms with Crippen molar-refractivity contribution in [3.8, 4) is 5.75 Å². The monoisotopic (exact) mass is 247 g/mol. The van der Waals surface area contributed by atoms with Crippen molar-refractivity contribution in [2.75, 3.05) is 20.2 Å². The van der Waals surface area contributed by atoms with Crippen LogP contribution in [-0.4, -0.2) is 30.9 Å². The van der Waals surface area contributed by atoms with Crippen LogP contribution in [0.1, 0.15) is 25.8 Å². The number of likely N-dealkylation sites (tertiary alicyclic amines) is 1. The van der Waals surface area contributed by atoms with E-state index < -0.39 is 0 Å². The molecule has 0 aromatic heterocycles. The third kappa shape index (κ3) is 2.91. The smallest absolute Gasteiger partial charge is 0.152 e. The van der Waals surface area contributed by atoms with Crippen LogP contribution >= 0.6 is 0 Å². The molecular weight excluding hydrogens is 226 g/mol. The number of hydrogen-bond donors (Lipinski definition) is 0. The molecule has 0 spiro atoms. The molecule has 1 aliphatic heterocycles. The van der Waals surface area contributed by atoms with E-state index in [0.29, 0.717) is 12.3 Å². The van der Waals surface area contributed by atoms with Gasteiger partial charge in [0.25, 0.3) is 0 Å². The Hall–Kier alpha value is -1.35. The van der Waals surface area contributed by atoms with Crippen LogP contribution in [-0.2, 0) is 11.3 Å². The standard InChI is InChI=1S/C15H21NO2/c1-15(2)8-9-16(11-14(15)17)10-12-4-6-13(18-3)7-5-12/h4-7H,8-11H2,1-3H3. The first-order valence-electron chi connectivity index (χ1n) is 6.40. The summed E-state index contributed by atoms with van der Waals surface area (Å²) in [7, 11) is 1.67. The lowest BCUT2D eigenvalue weighted by Crippen LogP contribution is -2.44. The highest BCUT2D eigenvalue weighted by atomic mass is 16.5. The van der Waals surface area contributed by atoms with Crippen LogP contribution in [0.3, 0.4) is 0 Å². The SMILES string of the molecule is COc1ccc(CN2CCC(C)(C)C(=O)C2)cc1. The molecule has 1 saturated heterocycles. The largest absolute Gasteiger partial charge is 0.497 e. The van der Waals surface area contributed by atoms with E-state index in [4.69, 9.17) is 4.74 Å². The Bertz CT molecular complexity index is 423. The normalized spacial score (nSPS) is 19.8. The van der Waals surface area contributed by atoms with E-state index in [1.54, 1.807) is 7.11 Å². The number of carbonyl (C=O) groups is 1. The molecule has 98 valence electrons. The Balaban J connectivity index is 1.96. The number of Topliss-reactive ketones (excluding diaryl/α,β-unsaturated/α-hetero) is 1. The molecule has 1 aliphatic rings. The molecule has 1 heterocycles. The van der Waals surface area contributed by atoms with Gasteiger partial charge in [-0.3, -0.25) is 9.69 Å². The highest BCUT2D eigenvalue weighted by Crippen LogP contribution is 2.27. The quantitative estimate of drug-likeness (QED) is 0.822. The zero-order valence-electron chi connectivity index (χ0n) is 11.4. The fraction of sp³-hybridized carbons (Fsp3) is 0.533. The number of methoxy groups -OCH3 is 1. The third-order valence-corrected chi connectivity index (χ3v) is 3.74. The summed E-state index contributed by atoms with van der Waals surface area (Å²) in [5.74, 6) is 1.22. The van der Waals surface area contributed by atoms with E-state index in [2.05, 4.69) is 17.0 Å². The van der Waals surface area contributed by atoms with Gasteiger partial charge < -0.3 is 4.74 Å². The van der Waals surface area contributed by atoms with Crippen molar-refractivity contribution < 1.29 is 9.53 Å². The van der Waals surface area contributed by atoms with E-state index >= 15 is 0 Å². The predicted molar refractivity (Wildman–Crippen MR) is 71.7 cm³/mol. The summed E-state index contributed by atoms with van der Waals surface area (Å²) in [6, 6.07) is 8.04. The number of piperidine rings is 1. The zero-order chi connectivity index (χ0) is 13.2. The molecule has 0 saturated carbocycles. The molecule has 1 fully saturated rings. The number of hydrogen-bond acceptors (Lipinski definition) is 3. The van der Waals surface area contributed by atoms with E-state index in [1.807, 2.05) is 26.0 Å². The van der Waals surface area contributed by atoms with Gasteiger partial charge in [0.2, 0.25) is 0 Å². The van der Waals surface area contributed by atoms with Gasteiger partial charge in [0, 0.05) is 12.0 Å². The maximum atomic E-state index is 12.0. The number of benzene rings is 1. The second kappa shape index (κ2) is 5.11. The number of ether oxygens (including phenoxy) is 1. The average Bonchev–Trinajstić information content (AvgIpc) is 2.35. The molecule has 0 aliphatic carbocycles. The van der Waals surface area contributed by atoms with Gasteiger partial charge in [-0.25, -0.2) is 0 Å². The Kier molecular flexibility index (Phi) is 3.71. The Morgan fingerprint density at radius 3 is 2.50 bits per heavy atom. The molecule has 3 nitrogen and oxygen atoms in total. The first-order valence-corrected chi connectivity index (χ1v) is 6.40. The van der Waals surface area contributed by atoms with Gasteiger partial charge in [-0.1, -0.05) is 26.0 Å². The number of nitrogens with zero attached hydrogens (tertiary/aromatic N) is 1. The van der Waals surface area contributed by atoms with Gasteiger partial charge in [-0.05, 0) is 30.7 Å². The summed E-state index contributed by atoms with van der Waals surface area (Å²) in [5.41, 5.74) is 1.08. The van der Waals surface area contributed by atoms with Crippen LogP contribution in [0, 0.1) is 5.41 Å². The summed E-state index contributed by atoms with van der Waals surface area (Å²) >= 11 is 0. The molecule has 2 rings (SSSR count). The lowest BCUT2D eigenvalue weighted by atomic mass is 9.81. The van der Waals surface area contributed by atoms with Crippen molar-refractivity contribution >= 4 is 5.78 Å². The molecule has 0 bridgehead atoms. The molecule has 0 radical (unpaired) electrons. The molecule has 0 amide bonds. The van der Waals surface area contributed by atoms with E-state index in [1.165, 1.54) is 5.56 Å². The van der Waals surface area contributed by atoms with Crippen LogP contribution in [0.25, 0.3) is 0 Å². The molecule has 0 unspecified atom stereocenters. The number of carbonyl (C=O) groups excluding carboxylic acids is 1. The van der Waals surface area contributed by atoms with E-state index in [0.717, 1.165) is 25.3 Å². The van der Waals surface area contributed by atoms with Crippen molar-refractivity contribution in [3.05, 3.63) is 29.8 Å². The van der Waals surface area contributed by atoms with Crippen LogP contribution in [0.2, 0.25) is 0 Å². The lowest BCUT2D eigenvalue weighted by molar-refractivity contribution is -0.132. The van der Waals surface area contributed by atoms with Crippen LogP contribution in [0.15, 0.2) is 24.3 Å². The van der Waals surface area contributed by atoms with Gasteiger partial charge in [-0.15, -0.1) is 0 Å². The first-order chi connectivity index (χ1) is 8.51. The van der Waals surface area contributed by atoms with Crippen LogP contribution in [0.4, 0.5) is 0 Å². The topological polar surface area (TPSA) is 29.5 Å². The van der Waals surface area contributed by atoms with Crippen molar-refractivity contribution in [1.29, 1.82) is 0 Å². The Morgan fingerprint density at radius 1 is 1.28 bits per heavy atom. The minimum absolute atomic E-state index is 0.142. The van der Waals surface area contributed by atoms with Crippen molar-refractivity contribution in [2.24, 2.45) is 5.41 Å². The summed E-state index contributed by atoms with van der Waals surface area (Å²) in [6.45, 7) is 6.48. The summed E-state index contributed by atoms with van der Waals surface area (Å²) in [4.78, 5) is 14.2. The van der Waals surface area contributed by atoms with E-state index in [9.17, 15) is 4.79 Å². The highest BCUT2D eigenvalue weighted by molar-refractivity contribution is 5.86. The molecular formula is C15H21NO2. The summed E-state index contributed by atoms with van der Waals surface area (Å²) in [5, 5.41) is 0. The maximum Gasteiger partial charge on any atom is 0.152 e. The maximum absolute atomic E-state index is 12.0. The van der Waals surface area contributed by atoms with Gasteiger partial charge in [0.1, 0.15) is 5.75 Å². The van der Waals surface area contributed by atoms with Crippen molar-refractivity contribution in [1.82, 2.24) is 4.90 Å². The van der Waals surface area contributed by atoms with Crippen molar-refractivity contribution in [3.63, 3.8) is 0 Å². The van der Waals surface area contributed by atoms with Gasteiger partial charge in [0.15, 0.2) is 5.78 Å². The van der Waals surface area contributed by atoms with Gasteiger partial charge in [-0.2, -0.15) is 0 Å².